The van der Waals surface area contributed by atoms with Crippen LogP contribution in [-0.4, -0.2) is 68.7 Å². The summed E-state index contributed by atoms with van der Waals surface area (Å²) in [7, 11) is 0.140. The smallest absolute Gasteiger partial charge is 0.247 e. The van der Waals surface area contributed by atoms with Crippen molar-refractivity contribution < 1.29 is 18.3 Å². The average Bonchev–Trinajstić information content (AvgIpc) is 2.69. The minimum absolute atomic E-state index is 0.0496. The molecule has 1 aliphatic heterocycles. The number of hydrogen-bond acceptors (Lipinski definition) is 5. The van der Waals surface area contributed by atoms with E-state index >= 15 is 0 Å². The zero-order valence-corrected chi connectivity index (χ0v) is 19.2. The highest BCUT2D eigenvalue weighted by atomic mass is 32.2. The number of ether oxygens (including phenoxy) is 1. The van der Waals surface area contributed by atoms with Crippen LogP contribution in [0.5, 0.6) is 5.75 Å². The Kier molecular flexibility index (Phi) is 6.87. The van der Waals surface area contributed by atoms with Gasteiger partial charge in [0, 0.05) is 25.0 Å². The molecule has 0 saturated carbocycles. The highest BCUT2D eigenvalue weighted by Gasteiger charge is 2.38. The first-order valence-electron chi connectivity index (χ1n) is 10.3. The van der Waals surface area contributed by atoms with Crippen molar-refractivity contribution in [1.29, 1.82) is 0 Å². The molecule has 3 atom stereocenters. The molecule has 2 aromatic carbocycles. The first-order valence-corrected chi connectivity index (χ1v) is 11.7. The van der Waals surface area contributed by atoms with Crippen molar-refractivity contribution in [3.63, 3.8) is 0 Å². The summed E-state index contributed by atoms with van der Waals surface area (Å²) < 4.78 is 34.7. The Morgan fingerprint density at radius 3 is 2.57 bits per heavy atom. The van der Waals surface area contributed by atoms with Crippen molar-refractivity contribution >= 4 is 10.0 Å². The number of likely N-dealkylation sites (N-methyl/N-ethyl adjacent to an activating group) is 1. The van der Waals surface area contributed by atoms with Crippen molar-refractivity contribution in [2.45, 2.75) is 37.8 Å². The highest BCUT2D eigenvalue weighted by Crippen LogP contribution is 2.37. The van der Waals surface area contributed by atoms with Crippen molar-refractivity contribution in [3.8, 4) is 16.9 Å². The fraction of sp³-hybridized carbons (Fsp3) is 0.478. The molecular formula is C23H32N2O4S. The third kappa shape index (κ3) is 4.54. The standard InChI is InChI=1S/C23H32N2O4S/c1-16-8-6-7-9-20(16)19-10-11-23-21(12-19)29-22(14-24(4)5)17(2)13-25(18(3)15-26)30(23,27)28/h6-12,17-18,22,26H,13-15H2,1-5H3/t17-,18+,22+/m1/s1. The van der Waals surface area contributed by atoms with E-state index < -0.39 is 16.1 Å². The summed E-state index contributed by atoms with van der Waals surface area (Å²) in [5.41, 5.74) is 3.07. The number of aryl methyl sites for hydroxylation is 1. The van der Waals surface area contributed by atoms with Gasteiger partial charge in [-0.2, -0.15) is 4.31 Å². The van der Waals surface area contributed by atoms with E-state index in [1.54, 1.807) is 13.0 Å². The zero-order valence-electron chi connectivity index (χ0n) is 18.4. The van der Waals surface area contributed by atoms with E-state index in [0.717, 1.165) is 16.7 Å². The second-order valence-electron chi connectivity index (χ2n) is 8.48. The molecule has 0 fully saturated rings. The fourth-order valence-electron chi connectivity index (χ4n) is 3.87. The molecule has 1 N–H and O–H groups in total. The Labute approximate surface area is 180 Å². The van der Waals surface area contributed by atoms with Crippen LogP contribution >= 0.6 is 0 Å². The van der Waals surface area contributed by atoms with Gasteiger partial charge in [0.2, 0.25) is 10.0 Å². The third-order valence-electron chi connectivity index (χ3n) is 5.67. The lowest BCUT2D eigenvalue weighted by Gasteiger charge is -2.37. The van der Waals surface area contributed by atoms with E-state index in [2.05, 4.69) is 0 Å². The lowest BCUT2D eigenvalue weighted by Crippen LogP contribution is -2.49. The molecular weight excluding hydrogens is 400 g/mol. The first kappa shape index (κ1) is 22.7. The summed E-state index contributed by atoms with van der Waals surface area (Å²) in [6.45, 7) is 6.48. The number of aliphatic hydroxyl groups is 1. The molecule has 0 aromatic heterocycles. The van der Waals surface area contributed by atoms with Gasteiger partial charge in [-0.15, -0.1) is 0 Å². The Morgan fingerprint density at radius 2 is 1.93 bits per heavy atom. The van der Waals surface area contributed by atoms with Crippen LogP contribution in [0.4, 0.5) is 0 Å². The summed E-state index contributed by atoms with van der Waals surface area (Å²) in [5.74, 6) is 0.315. The lowest BCUT2D eigenvalue weighted by atomic mass is 10.00. The topological polar surface area (TPSA) is 70.1 Å². The van der Waals surface area contributed by atoms with Gasteiger partial charge in [0.05, 0.1) is 6.61 Å². The quantitative estimate of drug-likeness (QED) is 0.787. The second kappa shape index (κ2) is 9.06. The average molecular weight is 433 g/mol. The van der Waals surface area contributed by atoms with E-state index in [-0.39, 0.29) is 23.5 Å². The van der Waals surface area contributed by atoms with Crippen LogP contribution in [-0.2, 0) is 10.0 Å². The van der Waals surface area contributed by atoms with E-state index in [0.29, 0.717) is 18.8 Å². The number of fused-ring (bicyclic) bond motifs is 1. The molecule has 7 heteroatoms. The minimum atomic E-state index is -3.81. The second-order valence-corrected chi connectivity index (χ2v) is 10.3. The first-order chi connectivity index (χ1) is 14.1. The van der Waals surface area contributed by atoms with Crippen molar-refractivity contribution in [2.24, 2.45) is 5.92 Å². The van der Waals surface area contributed by atoms with Crippen LogP contribution in [0.15, 0.2) is 47.4 Å². The third-order valence-corrected chi connectivity index (χ3v) is 7.69. The molecule has 1 aliphatic rings. The lowest BCUT2D eigenvalue weighted by molar-refractivity contribution is 0.0813. The van der Waals surface area contributed by atoms with Gasteiger partial charge in [-0.1, -0.05) is 37.3 Å². The Bertz CT molecular complexity index is 990. The van der Waals surface area contributed by atoms with Gasteiger partial charge in [-0.3, -0.25) is 0 Å². The molecule has 1 heterocycles. The zero-order chi connectivity index (χ0) is 22.1. The molecule has 0 bridgehead atoms. The minimum Gasteiger partial charge on any atom is -0.487 e. The van der Waals surface area contributed by atoms with E-state index in [9.17, 15) is 13.5 Å². The molecule has 0 saturated heterocycles. The molecule has 2 aromatic rings. The molecule has 0 unspecified atom stereocenters. The van der Waals surface area contributed by atoms with Crippen LogP contribution in [0.3, 0.4) is 0 Å². The molecule has 6 nitrogen and oxygen atoms in total. The maximum atomic E-state index is 13.5. The van der Waals surface area contributed by atoms with Crippen LogP contribution in [0.1, 0.15) is 19.4 Å². The summed E-state index contributed by atoms with van der Waals surface area (Å²) in [6.07, 6.45) is -0.185. The molecule has 164 valence electrons. The monoisotopic (exact) mass is 432 g/mol. The van der Waals surface area contributed by atoms with Gasteiger partial charge in [-0.25, -0.2) is 8.42 Å². The number of benzene rings is 2. The molecule has 0 radical (unpaired) electrons. The van der Waals surface area contributed by atoms with Gasteiger partial charge < -0.3 is 14.7 Å². The van der Waals surface area contributed by atoms with Gasteiger partial charge in [0.15, 0.2) is 0 Å². The Hall–Kier alpha value is -1.93. The summed E-state index contributed by atoms with van der Waals surface area (Å²) in [5, 5.41) is 9.70. The van der Waals surface area contributed by atoms with Gasteiger partial charge in [-0.05, 0) is 56.8 Å². The van der Waals surface area contributed by atoms with Crippen LogP contribution in [0, 0.1) is 12.8 Å². The number of rotatable bonds is 5. The number of sulfonamides is 1. The van der Waals surface area contributed by atoms with Crippen molar-refractivity contribution in [1.82, 2.24) is 9.21 Å². The maximum absolute atomic E-state index is 13.5. The van der Waals surface area contributed by atoms with Gasteiger partial charge in [0.1, 0.15) is 16.7 Å². The van der Waals surface area contributed by atoms with Crippen molar-refractivity contribution in [3.05, 3.63) is 48.0 Å². The fourth-order valence-corrected chi connectivity index (χ4v) is 5.69. The van der Waals surface area contributed by atoms with E-state index in [1.165, 1.54) is 4.31 Å². The van der Waals surface area contributed by atoms with Gasteiger partial charge >= 0.3 is 0 Å². The summed E-state index contributed by atoms with van der Waals surface area (Å²) in [6, 6.07) is 12.8. The Morgan fingerprint density at radius 1 is 1.23 bits per heavy atom. The molecule has 3 rings (SSSR count). The van der Waals surface area contributed by atoms with Crippen molar-refractivity contribution in [2.75, 3.05) is 33.8 Å². The van der Waals surface area contributed by atoms with E-state index in [1.807, 2.05) is 69.2 Å². The summed E-state index contributed by atoms with van der Waals surface area (Å²) >= 11 is 0. The molecule has 0 amide bonds. The molecule has 0 aliphatic carbocycles. The predicted molar refractivity (Wildman–Crippen MR) is 119 cm³/mol. The highest BCUT2D eigenvalue weighted by molar-refractivity contribution is 7.89. The number of hydrogen-bond donors (Lipinski definition) is 1. The molecule has 30 heavy (non-hydrogen) atoms. The summed E-state index contributed by atoms with van der Waals surface area (Å²) in [4.78, 5) is 2.19. The van der Waals surface area contributed by atoms with Gasteiger partial charge in [0.25, 0.3) is 0 Å². The Balaban J connectivity index is 2.17. The largest absolute Gasteiger partial charge is 0.487 e. The predicted octanol–water partition coefficient (Wildman–Crippen LogP) is 2.99. The molecule has 0 spiro atoms. The normalized spacial score (nSPS) is 22.6. The SMILES string of the molecule is Cc1ccccc1-c1ccc2c(c1)O[C@@H](CN(C)C)[C@H](C)CN([C@@H](C)CO)S2(=O)=O. The maximum Gasteiger partial charge on any atom is 0.247 e. The van der Waals surface area contributed by atoms with Crippen LogP contribution < -0.4 is 4.74 Å². The van der Waals surface area contributed by atoms with Crippen LogP contribution in [0.2, 0.25) is 0 Å². The number of nitrogens with zero attached hydrogens (tertiary/aromatic N) is 2. The van der Waals surface area contributed by atoms with Crippen LogP contribution in [0.25, 0.3) is 11.1 Å². The van der Waals surface area contributed by atoms with E-state index in [4.69, 9.17) is 4.74 Å². The number of aliphatic hydroxyl groups excluding tert-OH is 1.